The molecule has 2 aliphatic rings. The van der Waals surface area contributed by atoms with Crippen LogP contribution in [0.25, 0.3) is 0 Å². The Labute approximate surface area is 171 Å². The topological polar surface area (TPSA) is 113 Å². The van der Waals surface area contributed by atoms with Crippen molar-refractivity contribution in [2.45, 2.75) is 30.5 Å². The molecule has 7 nitrogen and oxygen atoms in total. The highest BCUT2D eigenvalue weighted by Gasteiger charge is 2.49. The molecule has 1 unspecified atom stereocenters. The molecule has 4 N–H and O–H groups in total. The van der Waals surface area contributed by atoms with E-state index in [-0.39, 0.29) is 28.7 Å². The van der Waals surface area contributed by atoms with E-state index in [0.29, 0.717) is 18.1 Å². The number of aromatic nitrogens is 1. The van der Waals surface area contributed by atoms with E-state index >= 15 is 0 Å². The van der Waals surface area contributed by atoms with Gasteiger partial charge in [-0.3, -0.25) is 10.1 Å². The second kappa shape index (κ2) is 7.81. The highest BCUT2D eigenvalue weighted by molar-refractivity contribution is 7.99. The van der Waals surface area contributed by atoms with Crippen molar-refractivity contribution in [2.75, 3.05) is 17.7 Å². The van der Waals surface area contributed by atoms with Gasteiger partial charge in [-0.25, -0.2) is 4.98 Å². The standard InChI is InChI=1S/C19H21N5O2S2/c1-11-4-13-8-28-18(21)24-19(13,10-26-11)16-5-14(9-27-16)23-17(25)15-3-2-12(6-20)7-22-15/h2-3,5,7,9,11,13,18,24H,4,8,10,21H2,1H3,(H,23,25)/t11-,13-,18?,19-/m0/s1. The summed E-state index contributed by atoms with van der Waals surface area (Å²) < 4.78 is 5.99. The van der Waals surface area contributed by atoms with Gasteiger partial charge in [0.05, 0.1) is 29.5 Å². The summed E-state index contributed by atoms with van der Waals surface area (Å²) in [5, 5.41) is 17.2. The van der Waals surface area contributed by atoms with Gasteiger partial charge in [0.25, 0.3) is 5.91 Å². The van der Waals surface area contributed by atoms with E-state index in [1.807, 2.05) is 17.5 Å². The Morgan fingerprint density at radius 3 is 3.14 bits per heavy atom. The lowest BCUT2D eigenvalue weighted by atomic mass is 9.78. The number of rotatable bonds is 3. The van der Waals surface area contributed by atoms with Crippen molar-refractivity contribution in [2.24, 2.45) is 11.7 Å². The molecule has 2 aliphatic heterocycles. The molecule has 0 aromatic carbocycles. The second-order valence-corrected chi connectivity index (χ2v) is 9.21. The van der Waals surface area contributed by atoms with Gasteiger partial charge >= 0.3 is 0 Å². The normalized spacial score (nSPS) is 29.5. The van der Waals surface area contributed by atoms with Crippen molar-refractivity contribution in [1.29, 1.82) is 5.26 Å². The first-order chi connectivity index (χ1) is 13.5. The quantitative estimate of drug-likeness (QED) is 0.706. The predicted octanol–water partition coefficient (Wildman–Crippen LogP) is 2.47. The number of hydrogen-bond acceptors (Lipinski definition) is 8. The maximum absolute atomic E-state index is 12.5. The highest BCUT2D eigenvalue weighted by Crippen LogP contribution is 2.46. The number of hydrogen-bond donors (Lipinski definition) is 3. The van der Waals surface area contributed by atoms with Crippen LogP contribution in [0.2, 0.25) is 0 Å². The summed E-state index contributed by atoms with van der Waals surface area (Å²) in [5.41, 5.74) is 7.13. The third kappa shape index (κ3) is 3.66. The smallest absolute Gasteiger partial charge is 0.274 e. The lowest BCUT2D eigenvalue weighted by Gasteiger charge is -2.50. The summed E-state index contributed by atoms with van der Waals surface area (Å²) in [6, 6.07) is 7.11. The first-order valence-electron chi connectivity index (χ1n) is 9.03. The monoisotopic (exact) mass is 415 g/mol. The Morgan fingerprint density at radius 2 is 2.39 bits per heavy atom. The van der Waals surface area contributed by atoms with Gasteiger partial charge in [-0.2, -0.15) is 5.26 Å². The molecule has 0 radical (unpaired) electrons. The van der Waals surface area contributed by atoms with Crippen LogP contribution in [0.3, 0.4) is 0 Å². The van der Waals surface area contributed by atoms with E-state index in [9.17, 15) is 4.79 Å². The number of nitrogens with two attached hydrogens (primary N) is 1. The molecule has 4 atom stereocenters. The largest absolute Gasteiger partial charge is 0.376 e. The number of amides is 1. The Balaban J connectivity index is 1.54. The summed E-state index contributed by atoms with van der Waals surface area (Å²) >= 11 is 3.33. The minimum absolute atomic E-state index is 0.142. The predicted molar refractivity (Wildman–Crippen MR) is 110 cm³/mol. The minimum Gasteiger partial charge on any atom is -0.376 e. The molecule has 0 saturated carbocycles. The summed E-state index contributed by atoms with van der Waals surface area (Å²) in [7, 11) is 0. The van der Waals surface area contributed by atoms with Crippen LogP contribution in [0.4, 0.5) is 5.69 Å². The van der Waals surface area contributed by atoms with Gasteiger partial charge in [-0.15, -0.1) is 23.1 Å². The van der Waals surface area contributed by atoms with E-state index in [1.54, 1.807) is 35.2 Å². The SMILES string of the molecule is C[C@H]1C[C@H]2CSC(N)N[C@@]2(c2cc(NC(=O)c3ccc(C#N)cn3)cs2)CO1. The molecule has 28 heavy (non-hydrogen) atoms. The van der Waals surface area contributed by atoms with Crippen LogP contribution in [0.5, 0.6) is 0 Å². The number of nitriles is 1. The molecule has 2 aromatic rings. The van der Waals surface area contributed by atoms with Crippen LogP contribution < -0.4 is 16.4 Å². The molecule has 0 bridgehead atoms. The Morgan fingerprint density at radius 1 is 1.54 bits per heavy atom. The average Bonchev–Trinajstić information content (AvgIpc) is 3.17. The number of ether oxygens (including phenoxy) is 1. The van der Waals surface area contributed by atoms with Gasteiger partial charge in [0.1, 0.15) is 17.3 Å². The summed E-state index contributed by atoms with van der Waals surface area (Å²) in [4.78, 5) is 17.6. The fraction of sp³-hybridized carbons (Fsp3) is 0.421. The van der Waals surface area contributed by atoms with E-state index < -0.39 is 0 Å². The molecule has 9 heteroatoms. The van der Waals surface area contributed by atoms with Crippen LogP contribution in [-0.2, 0) is 10.3 Å². The molecule has 4 rings (SSSR count). The molecule has 0 aliphatic carbocycles. The van der Waals surface area contributed by atoms with Crippen LogP contribution in [0.1, 0.15) is 34.3 Å². The number of nitrogens with one attached hydrogen (secondary N) is 2. The number of nitrogens with zero attached hydrogens (tertiary/aromatic N) is 2. The van der Waals surface area contributed by atoms with Crippen LogP contribution >= 0.6 is 23.1 Å². The zero-order chi connectivity index (χ0) is 19.7. The van der Waals surface area contributed by atoms with E-state index in [2.05, 4.69) is 22.5 Å². The number of thioether (sulfide) groups is 1. The fourth-order valence-corrected chi connectivity index (χ4v) is 5.94. The zero-order valence-corrected chi connectivity index (χ0v) is 17.0. The van der Waals surface area contributed by atoms with E-state index in [0.717, 1.165) is 22.7 Å². The van der Waals surface area contributed by atoms with Gasteiger partial charge in [-0.05, 0) is 37.5 Å². The molecule has 1 amide bonds. The van der Waals surface area contributed by atoms with Crippen molar-refractivity contribution in [3.05, 3.63) is 45.9 Å². The third-order valence-electron chi connectivity index (χ3n) is 5.21. The van der Waals surface area contributed by atoms with Crippen molar-refractivity contribution < 1.29 is 9.53 Å². The molecule has 0 spiro atoms. The van der Waals surface area contributed by atoms with Crippen molar-refractivity contribution in [1.82, 2.24) is 10.3 Å². The number of pyridine rings is 1. The van der Waals surface area contributed by atoms with Crippen molar-refractivity contribution >= 4 is 34.7 Å². The number of thiophene rings is 1. The Kier molecular flexibility index (Phi) is 5.40. The van der Waals surface area contributed by atoms with Crippen molar-refractivity contribution in [3.8, 4) is 6.07 Å². The first kappa shape index (κ1) is 19.4. The lowest BCUT2D eigenvalue weighted by molar-refractivity contribution is -0.0641. The van der Waals surface area contributed by atoms with Crippen LogP contribution in [-0.4, -0.2) is 34.9 Å². The Hall–Kier alpha value is -1.96. The van der Waals surface area contributed by atoms with Gasteiger partial charge in [0, 0.05) is 22.2 Å². The molecular weight excluding hydrogens is 394 g/mol. The molecule has 2 fully saturated rings. The van der Waals surface area contributed by atoms with Crippen molar-refractivity contribution in [3.63, 3.8) is 0 Å². The number of carbonyl (C=O) groups is 1. The molecule has 2 aromatic heterocycles. The Bertz CT molecular complexity index is 910. The lowest BCUT2D eigenvalue weighted by Crippen LogP contribution is -2.63. The van der Waals surface area contributed by atoms with Crippen LogP contribution in [0, 0.1) is 17.2 Å². The molecular formula is C19H21N5O2S2. The zero-order valence-electron chi connectivity index (χ0n) is 15.3. The molecule has 2 saturated heterocycles. The number of fused-ring (bicyclic) bond motifs is 1. The average molecular weight is 416 g/mol. The summed E-state index contributed by atoms with van der Waals surface area (Å²) in [5.74, 6) is 1.10. The first-order valence-corrected chi connectivity index (χ1v) is 11.0. The van der Waals surface area contributed by atoms with Gasteiger partial charge in [-0.1, -0.05) is 0 Å². The number of anilines is 1. The summed E-state index contributed by atoms with van der Waals surface area (Å²) in [6.45, 7) is 2.67. The second-order valence-electron chi connectivity index (χ2n) is 7.12. The molecule has 146 valence electrons. The highest BCUT2D eigenvalue weighted by atomic mass is 32.2. The van der Waals surface area contributed by atoms with Gasteiger partial charge in [0.15, 0.2) is 0 Å². The van der Waals surface area contributed by atoms with E-state index in [4.69, 9.17) is 15.7 Å². The minimum atomic E-state index is -0.322. The third-order valence-corrected chi connectivity index (χ3v) is 7.39. The van der Waals surface area contributed by atoms with Gasteiger partial charge < -0.3 is 15.8 Å². The fourth-order valence-electron chi connectivity index (χ4n) is 3.72. The maximum atomic E-state index is 12.5. The van der Waals surface area contributed by atoms with Crippen LogP contribution in [0.15, 0.2) is 29.8 Å². The van der Waals surface area contributed by atoms with Gasteiger partial charge in [0.2, 0.25) is 0 Å². The summed E-state index contributed by atoms with van der Waals surface area (Å²) in [6.07, 6.45) is 2.60. The maximum Gasteiger partial charge on any atom is 0.274 e. The molecule has 4 heterocycles. The van der Waals surface area contributed by atoms with E-state index in [1.165, 1.54) is 6.20 Å². The number of carbonyl (C=O) groups excluding carboxylic acids is 1.